The van der Waals surface area contributed by atoms with E-state index in [0.29, 0.717) is 5.69 Å². The Bertz CT molecular complexity index is 469. The van der Waals surface area contributed by atoms with Gasteiger partial charge in [-0.2, -0.15) is 18.4 Å². The molecule has 0 fully saturated rings. The van der Waals surface area contributed by atoms with Crippen LogP contribution in [-0.2, 0) is 6.18 Å². The minimum Gasteiger partial charge on any atom is -0.381 e. The van der Waals surface area contributed by atoms with Gasteiger partial charge in [0.15, 0.2) is 0 Å². The van der Waals surface area contributed by atoms with Crippen molar-refractivity contribution in [1.82, 2.24) is 0 Å². The average molecular weight is 284 g/mol. The van der Waals surface area contributed by atoms with Crippen LogP contribution in [0.1, 0.15) is 50.7 Å². The third-order valence-corrected chi connectivity index (χ3v) is 3.10. The molecule has 110 valence electrons. The Labute approximate surface area is 117 Å². The van der Waals surface area contributed by atoms with Gasteiger partial charge in [0.2, 0.25) is 0 Å². The Morgan fingerprint density at radius 2 is 1.80 bits per heavy atom. The Morgan fingerprint density at radius 3 is 2.25 bits per heavy atom. The van der Waals surface area contributed by atoms with Gasteiger partial charge in [-0.25, -0.2) is 0 Å². The Morgan fingerprint density at radius 1 is 1.20 bits per heavy atom. The van der Waals surface area contributed by atoms with E-state index in [2.05, 4.69) is 19.2 Å². The van der Waals surface area contributed by atoms with Crippen molar-refractivity contribution in [3.63, 3.8) is 0 Å². The van der Waals surface area contributed by atoms with Gasteiger partial charge < -0.3 is 5.32 Å². The summed E-state index contributed by atoms with van der Waals surface area (Å²) in [5, 5.41) is 12.2. The van der Waals surface area contributed by atoms with Crippen molar-refractivity contribution in [3.05, 3.63) is 29.3 Å². The molecular weight excluding hydrogens is 265 g/mol. The number of hydrogen-bond acceptors (Lipinski definition) is 2. The zero-order valence-corrected chi connectivity index (χ0v) is 11.7. The lowest BCUT2D eigenvalue weighted by atomic mass is 10.0. The van der Waals surface area contributed by atoms with Crippen LogP contribution < -0.4 is 5.32 Å². The first-order valence-corrected chi connectivity index (χ1v) is 6.80. The molecule has 0 aromatic heterocycles. The molecule has 0 saturated heterocycles. The van der Waals surface area contributed by atoms with Gasteiger partial charge in [-0.15, -0.1) is 0 Å². The molecule has 0 saturated carbocycles. The van der Waals surface area contributed by atoms with Crippen molar-refractivity contribution in [3.8, 4) is 6.07 Å². The maximum absolute atomic E-state index is 12.6. The summed E-state index contributed by atoms with van der Waals surface area (Å²) >= 11 is 0. The lowest BCUT2D eigenvalue weighted by Gasteiger charge is -2.20. The number of benzene rings is 1. The van der Waals surface area contributed by atoms with Gasteiger partial charge in [-0.3, -0.25) is 0 Å². The number of nitrogens with one attached hydrogen (secondary N) is 1. The molecule has 20 heavy (non-hydrogen) atoms. The fourth-order valence-electron chi connectivity index (χ4n) is 2.14. The zero-order valence-electron chi connectivity index (χ0n) is 11.7. The predicted octanol–water partition coefficient (Wildman–Crippen LogP) is 4.96. The maximum Gasteiger partial charge on any atom is 0.416 e. The third-order valence-electron chi connectivity index (χ3n) is 3.10. The van der Waals surface area contributed by atoms with Crippen LogP contribution in [-0.4, -0.2) is 6.04 Å². The minimum atomic E-state index is -4.42. The molecule has 1 rings (SSSR count). The van der Waals surface area contributed by atoms with Gasteiger partial charge in [0.05, 0.1) is 16.8 Å². The van der Waals surface area contributed by atoms with Gasteiger partial charge in [0, 0.05) is 6.04 Å². The second-order valence-electron chi connectivity index (χ2n) is 4.79. The Balaban J connectivity index is 2.98. The molecule has 1 aromatic carbocycles. The fourth-order valence-corrected chi connectivity index (χ4v) is 2.14. The number of nitriles is 1. The van der Waals surface area contributed by atoms with E-state index in [9.17, 15) is 13.2 Å². The molecule has 1 aromatic rings. The van der Waals surface area contributed by atoms with Crippen molar-refractivity contribution >= 4 is 5.69 Å². The summed E-state index contributed by atoms with van der Waals surface area (Å²) in [6, 6.07) is 5.28. The molecule has 0 aliphatic heterocycles. The van der Waals surface area contributed by atoms with Crippen LogP contribution in [0.3, 0.4) is 0 Å². The summed E-state index contributed by atoms with van der Waals surface area (Å²) < 4.78 is 37.8. The minimum absolute atomic E-state index is 0.0389. The highest BCUT2D eigenvalue weighted by Crippen LogP contribution is 2.32. The summed E-state index contributed by atoms with van der Waals surface area (Å²) in [5.41, 5.74) is -0.272. The fraction of sp³-hybridized carbons (Fsp3) is 0.533. The summed E-state index contributed by atoms with van der Waals surface area (Å²) in [6.07, 6.45) is -0.587. The van der Waals surface area contributed by atoms with Crippen LogP contribution in [0.2, 0.25) is 0 Å². The highest BCUT2D eigenvalue weighted by molar-refractivity contribution is 5.59. The van der Waals surface area contributed by atoms with E-state index in [1.54, 1.807) is 0 Å². The van der Waals surface area contributed by atoms with Crippen LogP contribution in [0, 0.1) is 11.3 Å². The maximum atomic E-state index is 12.6. The molecule has 0 heterocycles. The van der Waals surface area contributed by atoms with Crippen molar-refractivity contribution in [1.29, 1.82) is 5.26 Å². The average Bonchev–Trinajstić information content (AvgIpc) is 2.38. The lowest BCUT2D eigenvalue weighted by Crippen LogP contribution is -2.20. The summed E-state index contributed by atoms with van der Waals surface area (Å²) in [5.74, 6) is 0. The molecule has 0 radical (unpaired) electrons. The highest BCUT2D eigenvalue weighted by Gasteiger charge is 2.31. The topological polar surface area (TPSA) is 35.8 Å². The molecular formula is C15H19F3N2. The van der Waals surface area contributed by atoms with Gasteiger partial charge in [0.25, 0.3) is 0 Å². The molecule has 0 bridgehead atoms. The van der Waals surface area contributed by atoms with E-state index in [0.717, 1.165) is 37.8 Å². The SMILES string of the molecule is CCCC(CCC)Nc1ccc(C(F)(F)F)cc1C#N. The monoisotopic (exact) mass is 284 g/mol. The van der Waals surface area contributed by atoms with Crippen molar-refractivity contribution < 1.29 is 13.2 Å². The standard InChI is InChI=1S/C15H19F3N2/c1-3-5-13(6-4-2)20-14-8-7-12(15(16,17)18)9-11(14)10-19/h7-9,13,20H,3-6H2,1-2H3. The Kier molecular flexibility index (Phi) is 5.87. The van der Waals surface area contributed by atoms with Gasteiger partial charge >= 0.3 is 6.18 Å². The largest absolute Gasteiger partial charge is 0.416 e. The zero-order chi connectivity index (χ0) is 15.2. The highest BCUT2D eigenvalue weighted by atomic mass is 19.4. The van der Waals surface area contributed by atoms with Crippen LogP contribution >= 0.6 is 0 Å². The van der Waals surface area contributed by atoms with Crippen LogP contribution in [0.5, 0.6) is 0 Å². The normalized spacial score (nSPS) is 11.4. The number of halogens is 3. The van der Waals surface area contributed by atoms with E-state index >= 15 is 0 Å². The van der Waals surface area contributed by atoms with Crippen LogP contribution in [0.4, 0.5) is 18.9 Å². The van der Waals surface area contributed by atoms with E-state index in [1.807, 2.05) is 6.07 Å². The number of anilines is 1. The Hall–Kier alpha value is -1.70. The van der Waals surface area contributed by atoms with Crippen LogP contribution in [0.15, 0.2) is 18.2 Å². The van der Waals surface area contributed by atoms with Crippen molar-refractivity contribution in [2.45, 2.75) is 51.7 Å². The first-order valence-electron chi connectivity index (χ1n) is 6.80. The quantitative estimate of drug-likeness (QED) is 0.801. The van der Waals surface area contributed by atoms with Crippen molar-refractivity contribution in [2.75, 3.05) is 5.32 Å². The second-order valence-corrected chi connectivity index (χ2v) is 4.79. The first kappa shape index (κ1) is 16.4. The molecule has 5 heteroatoms. The third kappa shape index (κ3) is 4.44. The summed E-state index contributed by atoms with van der Waals surface area (Å²) in [7, 11) is 0. The van der Waals surface area contributed by atoms with E-state index in [1.165, 1.54) is 6.07 Å². The molecule has 0 atom stereocenters. The van der Waals surface area contributed by atoms with Gasteiger partial charge in [-0.1, -0.05) is 26.7 Å². The molecule has 2 nitrogen and oxygen atoms in total. The van der Waals surface area contributed by atoms with Gasteiger partial charge in [0.1, 0.15) is 6.07 Å². The molecule has 0 spiro atoms. The predicted molar refractivity (Wildman–Crippen MR) is 73.4 cm³/mol. The second kappa shape index (κ2) is 7.18. The molecule has 0 aliphatic carbocycles. The number of rotatable bonds is 6. The first-order chi connectivity index (χ1) is 9.42. The van der Waals surface area contributed by atoms with Crippen molar-refractivity contribution in [2.24, 2.45) is 0 Å². The van der Waals surface area contributed by atoms with Gasteiger partial charge in [-0.05, 0) is 31.0 Å². The van der Waals surface area contributed by atoms with E-state index in [-0.39, 0.29) is 11.6 Å². The van der Waals surface area contributed by atoms with E-state index in [4.69, 9.17) is 5.26 Å². The van der Waals surface area contributed by atoms with E-state index < -0.39 is 11.7 Å². The smallest absolute Gasteiger partial charge is 0.381 e. The molecule has 0 aliphatic rings. The molecule has 0 amide bonds. The molecule has 1 N–H and O–H groups in total. The molecule has 0 unspecified atom stereocenters. The summed E-state index contributed by atoms with van der Waals surface area (Å²) in [6.45, 7) is 4.12. The summed E-state index contributed by atoms with van der Waals surface area (Å²) in [4.78, 5) is 0. The van der Waals surface area contributed by atoms with Crippen LogP contribution in [0.25, 0.3) is 0 Å². The number of nitrogens with zero attached hydrogens (tertiary/aromatic N) is 1. The number of hydrogen-bond donors (Lipinski definition) is 1. The lowest BCUT2D eigenvalue weighted by molar-refractivity contribution is -0.137. The number of alkyl halides is 3.